The molecule has 10 nitrogen and oxygen atoms in total. The van der Waals surface area contributed by atoms with E-state index in [9.17, 15) is 19.8 Å². The standard InChI is InChI=1S/C27H27BrN2O8/c1-10-20(28)13-6-16-27(34)30-15(21(29(16)4)19(13)26(23(10)35-5)38-12(3)32)7-14-18(17(30)8-31)25-24(36-9-37-25)11(2)22(14)33/h7,16-17,21,31,33H,6,8-9H2,1-5H3/t16-,17-,21-/m0/s1. The van der Waals surface area contributed by atoms with Crippen LogP contribution in [0.5, 0.6) is 28.7 Å². The molecular weight excluding hydrogens is 560 g/mol. The van der Waals surface area contributed by atoms with Crippen LogP contribution in [0.25, 0.3) is 6.08 Å². The van der Waals surface area contributed by atoms with Crippen molar-refractivity contribution in [3.05, 3.63) is 43.6 Å². The van der Waals surface area contributed by atoms with E-state index in [-0.39, 0.29) is 18.4 Å². The molecule has 6 rings (SSSR count). The molecule has 2 bridgehead atoms. The number of likely N-dealkylation sites (N-methyl/N-ethyl adjacent to an activating group) is 1. The minimum Gasteiger partial charge on any atom is -0.507 e. The number of halogens is 1. The van der Waals surface area contributed by atoms with E-state index in [0.29, 0.717) is 57.4 Å². The van der Waals surface area contributed by atoms with E-state index >= 15 is 0 Å². The fourth-order valence-corrected chi connectivity index (χ4v) is 6.89. The third-order valence-corrected chi connectivity index (χ3v) is 9.09. The predicted octanol–water partition coefficient (Wildman–Crippen LogP) is 3.26. The Hall–Kier alpha value is -3.28. The van der Waals surface area contributed by atoms with Crippen LogP contribution in [-0.2, 0) is 16.0 Å². The Kier molecular flexibility index (Phi) is 5.68. The summed E-state index contributed by atoms with van der Waals surface area (Å²) in [6.07, 6.45) is 2.11. The third-order valence-electron chi connectivity index (χ3n) is 8.02. The number of fused-ring (bicyclic) bond motifs is 9. The third kappa shape index (κ3) is 3.12. The molecule has 0 saturated carbocycles. The van der Waals surface area contributed by atoms with Crippen molar-refractivity contribution in [2.75, 3.05) is 27.6 Å². The van der Waals surface area contributed by atoms with Crippen molar-refractivity contribution in [1.82, 2.24) is 9.80 Å². The van der Waals surface area contributed by atoms with Gasteiger partial charge in [-0.25, -0.2) is 0 Å². The molecule has 0 aliphatic carbocycles. The lowest BCUT2D eigenvalue weighted by Gasteiger charge is -2.53. The van der Waals surface area contributed by atoms with Gasteiger partial charge in [-0.3, -0.25) is 14.5 Å². The number of phenolic OH excluding ortho intramolecular Hbond substituents is 1. The Morgan fingerprint density at radius 3 is 2.55 bits per heavy atom. The van der Waals surface area contributed by atoms with Crippen molar-refractivity contribution < 1.29 is 38.7 Å². The van der Waals surface area contributed by atoms with E-state index in [4.69, 9.17) is 18.9 Å². The van der Waals surface area contributed by atoms with E-state index < -0.39 is 30.7 Å². The molecule has 1 amide bonds. The molecule has 4 aliphatic heterocycles. The fourth-order valence-electron chi connectivity index (χ4n) is 6.34. The fraction of sp³-hybridized carbons (Fsp3) is 0.407. The van der Waals surface area contributed by atoms with Crippen LogP contribution < -0.4 is 18.9 Å². The van der Waals surface area contributed by atoms with Crippen LogP contribution in [-0.4, -0.2) is 65.5 Å². The summed E-state index contributed by atoms with van der Waals surface area (Å²) in [6.45, 7) is 4.50. The van der Waals surface area contributed by atoms with E-state index in [1.54, 1.807) is 17.9 Å². The number of benzene rings is 2. The number of ether oxygens (including phenoxy) is 4. The SMILES string of the molecule is COc1c(C)c(Br)c2c(c1OC(C)=O)[C@@H]1C3=Cc4c(O)c(C)c5c(c4[C@H](CO)N3C(=O)[C@H](C2)N1C)OCO5. The molecular formula is C27H27BrN2O8. The van der Waals surface area contributed by atoms with E-state index in [0.717, 1.165) is 15.6 Å². The van der Waals surface area contributed by atoms with Crippen molar-refractivity contribution >= 4 is 33.9 Å². The second kappa shape index (κ2) is 8.62. The highest BCUT2D eigenvalue weighted by atomic mass is 79.9. The van der Waals surface area contributed by atoms with Gasteiger partial charge in [0.15, 0.2) is 23.0 Å². The van der Waals surface area contributed by atoms with Crippen LogP contribution in [0.15, 0.2) is 10.2 Å². The quantitative estimate of drug-likeness (QED) is 0.412. The van der Waals surface area contributed by atoms with Crippen molar-refractivity contribution in [2.24, 2.45) is 0 Å². The van der Waals surface area contributed by atoms with E-state index in [2.05, 4.69) is 15.9 Å². The summed E-state index contributed by atoms with van der Waals surface area (Å²) < 4.78 is 23.6. The zero-order chi connectivity index (χ0) is 27.2. The normalized spacial score (nSPS) is 22.9. The Labute approximate surface area is 227 Å². The largest absolute Gasteiger partial charge is 0.507 e. The molecule has 11 heteroatoms. The lowest BCUT2D eigenvalue weighted by molar-refractivity contribution is -0.144. The second-order valence-electron chi connectivity index (χ2n) is 9.92. The topological polar surface area (TPSA) is 118 Å². The Morgan fingerprint density at radius 1 is 1.18 bits per heavy atom. The molecule has 4 aliphatic rings. The summed E-state index contributed by atoms with van der Waals surface area (Å²) in [6, 6.07) is -1.90. The summed E-state index contributed by atoms with van der Waals surface area (Å²) in [5, 5.41) is 21.9. The zero-order valence-corrected chi connectivity index (χ0v) is 23.1. The van der Waals surface area contributed by atoms with Gasteiger partial charge in [-0.05, 0) is 39.0 Å². The molecule has 1 fully saturated rings. The number of aromatic hydroxyl groups is 1. The number of methoxy groups -OCH3 is 1. The maximum Gasteiger partial charge on any atom is 0.308 e. The summed E-state index contributed by atoms with van der Waals surface area (Å²) in [4.78, 5) is 29.8. The lowest BCUT2D eigenvalue weighted by Crippen LogP contribution is -2.60. The van der Waals surface area contributed by atoms with E-state index in [1.807, 2.05) is 18.9 Å². The average molecular weight is 587 g/mol. The molecule has 4 heterocycles. The molecule has 3 atom stereocenters. The first-order valence-electron chi connectivity index (χ1n) is 12.2. The van der Waals surface area contributed by atoms with Crippen LogP contribution >= 0.6 is 15.9 Å². The number of aliphatic hydroxyl groups is 1. The lowest BCUT2D eigenvalue weighted by atomic mass is 9.78. The Morgan fingerprint density at radius 2 is 1.89 bits per heavy atom. The first kappa shape index (κ1) is 25.0. The Bertz CT molecular complexity index is 1470. The number of piperazine rings is 1. The van der Waals surface area contributed by atoms with Crippen molar-refractivity contribution in [2.45, 2.75) is 45.3 Å². The Balaban J connectivity index is 1.69. The molecule has 0 aromatic heterocycles. The molecule has 2 aromatic rings. The molecule has 0 radical (unpaired) electrons. The van der Waals surface area contributed by atoms with Crippen molar-refractivity contribution in [3.63, 3.8) is 0 Å². The maximum absolute atomic E-state index is 14.1. The predicted molar refractivity (Wildman–Crippen MR) is 138 cm³/mol. The molecule has 2 aromatic carbocycles. The summed E-state index contributed by atoms with van der Waals surface area (Å²) in [7, 11) is 3.36. The van der Waals surface area contributed by atoms with Gasteiger partial charge in [-0.15, -0.1) is 0 Å². The van der Waals surface area contributed by atoms with Crippen LogP contribution in [0, 0.1) is 13.8 Å². The number of rotatable bonds is 3. The number of nitrogens with zero attached hydrogens (tertiary/aromatic N) is 2. The van der Waals surface area contributed by atoms with Crippen LogP contribution in [0.3, 0.4) is 0 Å². The highest BCUT2D eigenvalue weighted by molar-refractivity contribution is 9.10. The van der Waals surface area contributed by atoms with Crippen molar-refractivity contribution in [1.29, 1.82) is 0 Å². The van der Waals surface area contributed by atoms with Gasteiger partial charge in [0.05, 0.1) is 31.8 Å². The van der Waals surface area contributed by atoms with Crippen LogP contribution in [0.4, 0.5) is 0 Å². The van der Waals surface area contributed by atoms with Gasteiger partial charge < -0.3 is 34.1 Å². The summed E-state index contributed by atoms with van der Waals surface area (Å²) in [5.74, 6) is 0.835. The van der Waals surface area contributed by atoms with Gasteiger partial charge in [0.1, 0.15) is 5.75 Å². The molecule has 0 spiro atoms. The average Bonchev–Trinajstić information content (AvgIpc) is 3.37. The number of carbonyl (C=O) groups is 2. The molecule has 200 valence electrons. The number of esters is 1. The van der Waals surface area contributed by atoms with Gasteiger partial charge in [0, 0.05) is 44.9 Å². The van der Waals surface area contributed by atoms with Crippen molar-refractivity contribution in [3.8, 4) is 28.7 Å². The highest BCUT2D eigenvalue weighted by Gasteiger charge is 2.53. The first-order valence-corrected chi connectivity index (χ1v) is 13.0. The van der Waals surface area contributed by atoms with Gasteiger partial charge in [-0.2, -0.15) is 0 Å². The van der Waals surface area contributed by atoms with Gasteiger partial charge in [0.2, 0.25) is 12.7 Å². The minimum atomic E-state index is -0.812. The smallest absolute Gasteiger partial charge is 0.308 e. The molecule has 1 saturated heterocycles. The van der Waals surface area contributed by atoms with Gasteiger partial charge >= 0.3 is 5.97 Å². The number of amides is 1. The number of hydrogen-bond donors (Lipinski definition) is 2. The van der Waals surface area contributed by atoms with Crippen LogP contribution in [0.2, 0.25) is 0 Å². The first-order chi connectivity index (χ1) is 18.1. The highest BCUT2D eigenvalue weighted by Crippen LogP contribution is 2.59. The number of hydrogen-bond acceptors (Lipinski definition) is 9. The summed E-state index contributed by atoms with van der Waals surface area (Å²) >= 11 is 3.71. The van der Waals surface area contributed by atoms with Crippen LogP contribution in [0.1, 0.15) is 52.4 Å². The van der Waals surface area contributed by atoms with E-state index in [1.165, 1.54) is 14.0 Å². The molecule has 2 N–H and O–H groups in total. The monoisotopic (exact) mass is 586 g/mol. The minimum absolute atomic E-state index is 0.00835. The molecule has 38 heavy (non-hydrogen) atoms. The number of aliphatic hydroxyl groups excluding tert-OH is 1. The summed E-state index contributed by atoms with van der Waals surface area (Å²) in [5.41, 5.74) is 4.30. The number of carbonyl (C=O) groups excluding carboxylic acids is 2. The van der Waals surface area contributed by atoms with Gasteiger partial charge in [0.25, 0.3) is 0 Å². The second-order valence-corrected chi connectivity index (χ2v) is 10.7. The molecule has 0 unspecified atom stereocenters. The maximum atomic E-state index is 14.1. The zero-order valence-electron chi connectivity index (χ0n) is 21.5. The van der Waals surface area contributed by atoms with Gasteiger partial charge in [-0.1, -0.05) is 15.9 Å². The number of phenols is 1.